The van der Waals surface area contributed by atoms with E-state index in [2.05, 4.69) is 22.5 Å². The van der Waals surface area contributed by atoms with Gasteiger partial charge in [0.25, 0.3) is 5.91 Å². The van der Waals surface area contributed by atoms with Crippen molar-refractivity contribution in [3.63, 3.8) is 0 Å². The van der Waals surface area contributed by atoms with Crippen molar-refractivity contribution in [3.8, 4) is 5.69 Å². The molecule has 2 heterocycles. The largest absolute Gasteiger partial charge is 0.351 e. The van der Waals surface area contributed by atoms with E-state index in [-0.39, 0.29) is 5.91 Å². The number of hydrogen-bond acceptors (Lipinski definition) is 3. The number of carbonyl (C=O) groups is 1. The van der Waals surface area contributed by atoms with Crippen LogP contribution in [0.4, 0.5) is 0 Å². The maximum atomic E-state index is 12.0. The Morgan fingerprint density at radius 1 is 1.27 bits per heavy atom. The van der Waals surface area contributed by atoms with Gasteiger partial charge in [0.05, 0.1) is 10.6 Å². The van der Waals surface area contributed by atoms with Crippen molar-refractivity contribution in [1.82, 2.24) is 15.1 Å². The molecule has 1 amide bonds. The molecular weight excluding hydrogens is 294 g/mol. The van der Waals surface area contributed by atoms with E-state index in [1.54, 1.807) is 6.20 Å². The highest BCUT2D eigenvalue weighted by Crippen LogP contribution is 2.15. The van der Waals surface area contributed by atoms with Crippen molar-refractivity contribution < 1.29 is 4.79 Å². The summed E-state index contributed by atoms with van der Waals surface area (Å²) in [5.74, 6) is 0.0145. The third kappa shape index (κ3) is 3.26. The molecule has 4 nitrogen and oxygen atoms in total. The molecule has 1 aromatic carbocycles. The number of benzene rings is 1. The fourth-order valence-electron chi connectivity index (χ4n) is 2.24. The van der Waals surface area contributed by atoms with Gasteiger partial charge in [-0.2, -0.15) is 5.10 Å². The number of nitrogens with zero attached hydrogens (tertiary/aromatic N) is 2. The van der Waals surface area contributed by atoms with Crippen molar-refractivity contribution >= 4 is 17.2 Å². The van der Waals surface area contributed by atoms with Crippen LogP contribution in [-0.4, -0.2) is 22.2 Å². The first-order valence-corrected chi connectivity index (χ1v) is 8.03. The highest BCUT2D eigenvalue weighted by atomic mass is 32.1. The molecule has 0 saturated heterocycles. The fraction of sp³-hybridized carbons (Fsp3) is 0.176. The van der Waals surface area contributed by atoms with Gasteiger partial charge in [0, 0.05) is 18.9 Å². The molecular formula is C17H17N3OS. The summed E-state index contributed by atoms with van der Waals surface area (Å²) in [6.45, 7) is 2.59. The van der Waals surface area contributed by atoms with Gasteiger partial charge < -0.3 is 5.32 Å². The first-order chi connectivity index (χ1) is 10.7. The van der Waals surface area contributed by atoms with Crippen LogP contribution >= 0.6 is 11.3 Å². The summed E-state index contributed by atoms with van der Waals surface area (Å²) in [4.78, 5) is 12.8. The molecule has 3 rings (SSSR count). The molecule has 0 unspecified atom stereocenters. The van der Waals surface area contributed by atoms with Crippen LogP contribution in [0.3, 0.4) is 0 Å². The van der Waals surface area contributed by atoms with Crippen LogP contribution < -0.4 is 5.32 Å². The minimum absolute atomic E-state index is 0.0145. The van der Waals surface area contributed by atoms with Gasteiger partial charge in [-0.15, -0.1) is 11.3 Å². The predicted molar refractivity (Wildman–Crippen MR) is 88.7 cm³/mol. The lowest BCUT2D eigenvalue weighted by molar-refractivity contribution is 0.0957. The topological polar surface area (TPSA) is 46.9 Å². The standard InChI is InChI=1S/C17H17N3OS/c1-13-8-12-22-16(13)17(21)18-10-7-14-3-5-15(6-4-14)20-11-2-9-19-20/h2-6,8-9,11-12H,7,10H2,1H3,(H,18,21). The molecule has 0 aliphatic rings. The van der Waals surface area contributed by atoms with E-state index >= 15 is 0 Å². The van der Waals surface area contributed by atoms with Crippen molar-refractivity contribution in [2.45, 2.75) is 13.3 Å². The molecule has 0 bridgehead atoms. The maximum Gasteiger partial charge on any atom is 0.261 e. The Bertz CT molecular complexity index is 745. The van der Waals surface area contributed by atoms with Gasteiger partial charge in [-0.3, -0.25) is 4.79 Å². The first kappa shape index (κ1) is 14.5. The molecule has 0 saturated carbocycles. The second kappa shape index (κ2) is 6.58. The van der Waals surface area contributed by atoms with Crippen molar-refractivity contribution in [2.75, 3.05) is 6.54 Å². The third-order valence-corrected chi connectivity index (χ3v) is 4.49. The minimum atomic E-state index is 0.0145. The monoisotopic (exact) mass is 311 g/mol. The lowest BCUT2D eigenvalue weighted by Crippen LogP contribution is -2.25. The molecule has 0 radical (unpaired) electrons. The number of carbonyl (C=O) groups excluding carboxylic acids is 1. The summed E-state index contributed by atoms with van der Waals surface area (Å²) in [6.07, 6.45) is 4.49. The second-order valence-corrected chi connectivity index (χ2v) is 5.97. The molecule has 2 aromatic heterocycles. The minimum Gasteiger partial charge on any atom is -0.351 e. The Morgan fingerprint density at radius 2 is 2.09 bits per heavy atom. The number of rotatable bonds is 5. The third-order valence-electron chi connectivity index (χ3n) is 3.47. The van der Waals surface area contributed by atoms with Crippen LogP contribution in [0.25, 0.3) is 5.69 Å². The first-order valence-electron chi connectivity index (χ1n) is 7.15. The van der Waals surface area contributed by atoms with Crippen LogP contribution in [0.5, 0.6) is 0 Å². The predicted octanol–water partition coefficient (Wildman–Crippen LogP) is 3.21. The Balaban J connectivity index is 1.54. The van der Waals surface area contributed by atoms with Crippen LogP contribution in [0.15, 0.2) is 54.2 Å². The molecule has 22 heavy (non-hydrogen) atoms. The molecule has 112 valence electrons. The maximum absolute atomic E-state index is 12.0. The second-order valence-electron chi connectivity index (χ2n) is 5.06. The Morgan fingerprint density at radius 3 is 2.73 bits per heavy atom. The number of aromatic nitrogens is 2. The Labute approximate surface area is 133 Å². The molecule has 0 spiro atoms. The Hall–Kier alpha value is -2.40. The smallest absolute Gasteiger partial charge is 0.261 e. The van der Waals surface area contributed by atoms with Crippen molar-refractivity contribution in [2.24, 2.45) is 0 Å². The zero-order chi connectivity index (χ0) is 15.4. The van der Waals surface area contributed by atoms with Crippen molar-refractivity contribution in [3.05, 3.63) is 70.2 Å². The zero-order valence-corrected chi connectivity index (χ0v) is 13.1. The number of amides is 1. The molecule has 0 aliphatic heterocycles. The van der Waals surface area contributed by atoms with Crippen molar-refractivity contribution in [1.29, 1.82) is 0 Å². The van der Waals surface area contributed by atoms with E-state index in [1.165, 1.54) is 16.9 Å². The van der Waals surface area contributed by atoms with E-state index in [0.717, 1.165) is 22.5 Å². The summed E-state index contributed by atoms with van der Waals surface area (Å²) in [7, 11) is 0. The van der Waals surface area contributed by atoms with E-state index in [1.807, 2.05) is 47.4 Å². The normalized spacial score (nSPS) is 10.6. The van der Waals surface area contributed by atoms with Gasteiger partial charge in [0.1, 0.15) is 0 Å². The van der Waals surface area contributed by atoms with Crippen LogP contribution in [0.1, 0.15) is 20.8 Å². The molecule has 0 fully saturated rings. The summed E-state index contributed by atoms with van der Waals surface area (Å²) >= 11 is 1.48. The molecule has 3 aromatic rings. The number of nitrogens with one attached hydrogen (secondary N) is 1. The van der Waals surface area contributed by atoms with E-state index in [0.29, 0.717) is 6.54 Å². The summed E-state index contributed by atoms with van der Waals surface area (Å²) in [5.41, 5.74) is 3.26. The van der Waals surface area contributed by atoms with Gasteiger partial charge in [0.2, 0.25) is 0 Å². The summed E-state index contributed by atoms with van der Waals surface area (Å²) < 4.78 is 1.82. The van der Waals surface area contributed by atoms with E-state index in [9.17, 15) is 4.79 Å². The van der Waals surface area contributed by atoms with Crippen LogP contribution in [0.2, 0.25) is 0 Å². The molecule has 1 N–H and O–H groups in total. The average Bonchev–Trinajstić information content (AvgIpc) is 3.19. The van der Waals surface area contributed by atoms with E-state index < -0.39 is 0 Å². The SMILES string of the molecule is Cc1ccsc1C(=O)NCCc1ccc(-n2cccn2)cc1. The summed E-state index contributed by atoms with van der Waals surface area (Å²) in [5, 5.41) is 9.11. The molecule has 0 aliphatic carbocycles. The van der Waals surface area contributed by atoms with Crippen LogP contribution in [-0.2, 0) is 6.42 Å². The molecule has 0 atom stereocenters. The van der Waals surface area contributed by atoms with Gasteiger partial charge in [-0.1, -0.05) is 12.1 Å². The molecule has 5 heteroatoms. The average molecular weight is 311 g/mol. The Kier molecular flexibility index (Phi) is 4.34. The van der Waals surface area contributed by atoms with Crippen LogP contribution in [0, 0.1) is 6.92 Å². The highest BCUT2D eigenvalue weighted by molar-refractivity contribution is 7.12. The van der Waals surface area contributed by atoms with Gasteiger partial charge in [-0.25, -0.2) is 4.68 Å². The van der Waals surface area contributed by atoms with Gasteiger partial charge in [-0.05, 0) is 54.1 Å². The van der Waals surface area contributed by atoms with Gasteiger partial charge >= 0.3 is 0 Å². The highest BCUT2D eigenvalue weighted by Gasteiger charge is 2.09. The van der Waals surface area contributed by atoms with Gasteiger partial charge in [0.15, 0.2) is 0 Å². The lowest BCUT2D eigenvalue weighted by atomic mass is 10.1. The van der Waals surface area contributed by atoms with E-state index in [4.69, 9.17) is 0 Å². The number of hydrogen-bond donors (Lipinski definition) is 1. The fourth-order valence-corrected chi connectivity index (χ4v) is 3.08. The number of thiophene rings is 1. The summed E-state index contributed by atoms with van der Waals surface area (Å²) in [6, 6.07) is 12.1. The zero-order valence-electron chi connectivity index (χ0n) is 12.3. The number of aryl methyl sites for hydroxylation is 1. The lowest BCUT2D eigenvalue weighted by Gasteiger charge is -2.06. The quantitative estimate of drug-likeness (QED) is 0.786.